The molecule has 0 radical (unpaired) electrons. The smallest absolute Gasteiger partial charge is 0.264 e. The van der Waals surface area contributed by atoms with Crippen LogP contribution in [0.4, 0.5) is 17.1 Å². The van der Waals surface area contributed by atoms with E-state index in [0.717, 1.165) is 9.20 Å². The number of nitrogens with one attached hydrogen (secondary N) is 2. The first-order valence-corrected chi connectivity index (χ1v) is 17.7. The minimum absolute atomic E-state index is 0.00921. The number of anilines is 3. The topological polar surface area (TPSA) is 140 Å². The molecule has 14 heteroatoms. The minimum Gasteiger partial charge on any atom is -0.497 e. The van der Waals surface area contributed by atoms with E-state index < -0.39 is 32.5 Å². The molecule has 11 nitrogen and oxygen atoms in total. The van der Waals surface area contributed by atoms with Crippen molar-refractivity contribution in [1.82, 2.24) is 0 Å². The van der Waals surface area contributed by atoms with Crippen LogP contribution in [-0.2, 0) is 24.8 Å². The van der Waals surface area contributed by atoms with Gasteiger partial charge in [-0.2, -0.15) is 0 Å². The summed E-state index contributed by atoms with van der Waals surface area (Å²) in [5.41, 5.74) is 0.679. The second-order valence-corrected chi connectivity index (χ2v) is 13.8. The number of carbonyl (C=O) groups is 1. The molecule has 0 aromatic heterocycles. The summed E-state index contributed by atoms with van der Waals surface area (Å²) in [4.78, 5) is 14.1. The van der Waals surface area contributed by atoms with Gasteiger partial charge in [-0.3, -0.25) is 13.8 Å². The highest BCUT2D eigenvalue weighted by atomic mass is 32.2. The van der Waals surface area contributed by atoms with E-state index in [1.54, 1.807) is 55.5 Å². The van der Waals surface area contributed by atoms with Gasteiger partial charge in [0.1, 0.15) is 23.8 Å². The van der Waals surface area contributed by atoms with E-state index in [-0.39, 0.29) is 39.2 Å². The molecular weight excluding hydrogens is 639 g/mol. The Morgan fingerprint density at radius 3 is 2.11 bits per heavy atom. The number of para-hydroxylation sites is 2. The Hall–Kier alpha value is -4.40. The maximum absolute atomic E-state index is 13.9. The van der Waals surface area contributed by atoms with Gasteiger partial charge in [-0.15, -0.1) is 11.8 Å². The number of amides is 1. The van der Waals surface area contributed by atoms with Crippen LogP contribution in [0.15, 0.2) is 106 Å². The number of hydrogen-bond donors (Lipinski definition) is 2. The SMILES string of the molecule is CCOc1ccccc1N(CC(=O)Nc1ccc(S(=O)(=O)Nc2ccc(OC)cc2OC)cc1)S(=O)(=O)c1ccc(SC)cc1. The Labute approximate surface area is 267 Å². The lowest BCUT2D eigenvalue weighted by Crippen LogP contribution is -2.38. The fourth-order valence-corrected chi connectivity index (χ4v) is 7.16. The van der Waals surface area contributed by atoms with Gasteiger partial charge >= 0.3 is 0 Å². The van der Waals surface area contributed by atoms with Crippen LogP contribution >= 0.6 is 11.8 Å². The van der Waals surface area contributed by atoms with E-state index in [9.17, 15) is 21.6 Å². The third-order valence-electron chi connectivity index (χ3n) is 6.47. The van der Waals surface area contributed by atoms with Gasteiger partial charge in [-0.1, -0.05) is 12.1 Å². The molecule has 0 bridgehead atoms. The summed E-state index contributed by atoms with van der Waals surface area (Å²) in [6.45, 7) is 1.49. The van der Waals surface area contributed by atoms with Crippen molar-refractivity contribution in [1.29, 1.82) is 0 Å². The van der Waals surface area contributed by atoms with E-state index in [2.05, 4.69) is 10.0 Å². The van der Waals surface area contributed by atoms with Crippen LogP contribution in [-0.4, -0.2) is 56.4 Å². The highest BCUT2D eigenvalue weighted by Gasteiger charge is 2.29. The molecule has 45 heavy (non-hydrogen) atoms. The fraction of sp³-hybridized carbons (Fsp3) is 0.194. The van der Waals surface area contributed by atoms with E-state index in [1.807, 2.05) is 6.26 Å². The Bertz CT molecular complexity index is 1850. The van der Waals surface area contributed by atoms with Crippen LogP contribution in [0.3, 0.4) is 0 Å². The average Bonchev–Trinajstić information content (AvgIpc) is 3.04. The zero-order valence-electron chi connectivity index (χ0n) is 25.0. The Morgan fingerprint density at radius 2 is 1.49 bits per heavy atom. The molecule has 4 rings (SSSR count). The summed E-state index contributed by atoms with van der Waals surface area (Å²) in [6, 6.07) is 23.0. The number of benzene rings is 4. The van der Waals surface area contributed by atoms with Gasteiger partial charge in [0.15, 0.2) is 0 Å². The van der Waals surface area contributed by atoms with Crippen LogP contribution in [0.25, 0.3) is 0 Å². The standard InChI is InChI=1S/C31H33N3O8S3/c1-5-42-29-9-7-6-8-28(29)34(45(38,39)26-17-13-24(43-4)14-18-26)21-31(35)32-22-10-15-25(16-11-22)44(36,37)33-27-19-12-23(40-2)20-30(27)41-3/h6-20,33H,5,21H2,1-4H3,(H,32,35). The van der Waals surface area contributed by atoms with Crippen molar-refractivity contribution >= 4 is 54.8 Å². The molecule has 0 unspecified atom stereocenters. The summed E-state index contributed by atoms with van der Waals surface area (Å²) >= 11 is 1.48. The first-order valence-electron chi connectivity index (χ1n) is 13.6. The van der Waals surface area contributed by atoms with Gasteiger partial charge in [0.25, 0.3) is 20.0 Å². The zero-order valence-corrected chi connectivity index (χ0v) is 27.5. The summed E-state index contributed by atoms with van der Waals surface area (Å²) in [5, 5.41) is 2.66. The highest BCUT2D eigenvalue weighted by Crippen LogP contribution is 2.34. The van der Waals surface area contributed by atoms with Gasteiger partial charge in [0.05, 0.1) is 42.0 Å². The first kappa shape index (κ1) is 33.5. The van der Waals surface area contributed by atoms with Crippen molar-refractivity contribution in [2.75, 3.05) is 48.0 Å². The molecule has 4 aromatic carbocycles. The lowest BCUT2D eigenvalue weighted by Gasteiger charge is -2.26. The predicted molar refractivity (Wildman–Crippen MR) is 176 cm³/mol. The maximum Gasteiger partial charge on any atom is 0.264 e. The number of thioether (sulfide) groups is 1. The van der Waals surface area contributed by atoms with E-state index in [4.69, 9.17) is 14.2 Å². The van der Waals surface area contributed by atoms with Crippen LogP contribution < -0.4 is 28.6 Å². The third kappa shape index (κ3) is 8.01. The molecule has 0 atom stereocenters. The predicted octanol–water partition coefficient (Wildman–Crippen LogP) is 5.46. The Kier molecular flexibility index (Phi) is 10.9. The monoisotopic (exact) mass is 671 g/mol. The number of carbonyl (C=O) groups excluding carboxylic acids is 1. The molecule has 0 saturated heterocycles. The average molecular weight is 672 g/mol. The number of nitrogens with zero attached hydrogens (tertiary/aromatic N) is 1. The number of sulfonamides is 2. The molecular formula is C31H33N3O8S3. The van der Waals surface area contributed by atoms with Crippen LogP contribution in [0, 0.1) is 0 Å². The van der Waals surface area contributed by atoms with E-state index in [1.165, 1.54) is 68.4 Å². The minimum atomic E-state index is -4.20. The lowest BCUT2D eigenvalue weighted by atomic mass is 10.3. The normalized spacial score (nSPS) is 11.4. The molecule has 0 saturated carbocycles. The lowest BCUT2D eigenvalue weighted by molar-refractivity contribution is -0.114. The van der Waals surface area contributed by atoms with Crippen molar-refractivity contribution in [3.05, 3.63) is 91.0 Å². The molecule has 1 amide bonds. The largest absolute Gasteiger partial charge is 0.497 e. The molecule has 0 aliphatic heterocycles. The summed E-state index contributed by atoms with van der Waals surface area (Å²) < 4.78 is 73.4. The zero-order chi connectivity index (χ0) is 32.6. The third-order valence-corrected chi connectivity index (χ3v) is 10.4. The van der Waals surface area contributed by atoms with Crippen molar-refractivity contribution in [3.8, 4) is 17.2 Å². The van der Waals surface area contributed by atoms with Crippen molar-refractivity contribution < 1.29 is 35.8 Å². The Balaban J connectivity index is 1.56. The quantitative estimate of drug-likeness (QED) is 0.167. The molecule has 238 valence electrons. The summed E-state index contributed by atoms with van der Waals surface area (Å²) in [7, 11) is -5.32. The number of rotatable bonds is 14. The Morgan fingerprint density at radius 1 is 0.822 bits per heavy atom. The van der Waals surface area contributed by atoms with Crippen molar-refractivity contribution in [2.24, 2.45) is 0 Å². The van der Waals surface area contributed by atoms with Crippen LogP contribution in [0.1, 0.15) is 6.92 Å². The molecule has 0 heterocycles. The number of methoxy groups -OCH3 is 2. The number of hydrogen-bond acceptors (Lipinski definition) is 9. The molecule has 0 aliphatic rings. The summed E-state index contributed by atoms with van der Waals surface area (Å²) in [5.74, 6) is 0.415. The van der Waals surface area contributed by atoms with Gasteiger partial charge < -0.3 is 19.5 Å². The van der Waals surface area contributed by atoms with Gasteiger partial charge in [0, 0.05) is 16.6 Å². The molecule has 0 fully saturated rings. The molecule has 4 aromatic rings. The highest BCUT2D eigenvalue weighted by molar-refractivity contribution is 7.98. The van der Waals surface area contributed by atoms with Crippen molar-refractivity contribution in [2.45, 2.75) is 21.6 Å². The van der Waals surface area contributed by atoms with Crippen LogP contribution in [0.5, 0.6) is 17.2 Å². The van der Waals surface area contributed by atoms with Gasteiger partial charge in [-0.25, -0.2) is 16.8 Å². The fourth-order valence-electron chi connectivity index (χ4n) is 4.25. The number of ether oxygens (including phenoxy) is 3. The second kappa shape index (κ2) is 14.6. The second-order valence-electron chi connectivity index (χ2n) is 9.33. The summed E-state index contributed by atoms with van der Waals surface area (Å²) in [6.07, 6.45) is 1.88. The molecule has 0 aliphatic carbocycles. The first-order chi connectivity index (χ1) is 21.5. The van der Waals surface area contributed by atoms with Crippen LogP contribution in [0.2, 0.25) is 0 Å². The molecule has 2 N–H and O–H groups in total. The van der Waals surface area contributed by atoms with Gasteiger partial charge in [-0.05, 0) is 86.0 Å². The van der Waals surface area contributed by atoms with E-state index >= 15 is 0 Å². The van der Waals surface area contributed by atoms with E-state index in [0.29, 0.717) is 11.5 Å². The molecule has 0 spiro atoms. The van der Waals surface area contributed by atoms with Crippen molar-refractivity contribution in [3.63, 3.8) is 0 Å². The maximum atomic E-state index is 13.9. The van der Waals surface area contributed by atoms with Gasteiger partial charge in [0.2, 0.25) is 5.91 Å².